The summed E-state index contributed by atoms with van der Waals surface area (Å²) >= 11 is 2.64. The van der Waals surface area contributed by atoms with E-state index >= 15 is 0 Å². The number of anilines is 1. The highest BCUT2D eigenvalue weighted by Gasteiger charge is 2.29. The van der Waals surface area contributed by atoms with Crippen LogP contribution < -0.4 is 5.32 Å². The van der Waals surface area contributed by atoms with E-state index in [2.05, 4.69) is 22.3 Å². The zero-order chi connectivity index (χ0) is 24.5. The number of ether oxygens (including phenoxy) is 1. The molecular weight excluding hydrogens is 522 g/mol. The molecule has 0 bridgehead atoms. The van der Waals surface area contributed by atoms with Gasteiger partial charge in [0.15, 0.2) is 0 Å². The number of nitrogens with one attached hydrogen (secondary N) is 1. The van der Waals surface area contributed by atoms with Gasteiger partial charge in [-0.05, 0) is 29.7 Å². The number of esters is 1. The lowest BCUT2D eigenvalue weighted by atomic mass is 10.0. The molecule has 11 heteroatoms. The van der Waals surface area contributed by atoms with E-state index in [0.29, 0.717) is 33.8 Å². The third kappa shape index (κ3) is 5.12. The van der Waals surface area contributed by atoms with Crippen molar-refractivity contribution in [2.75, 3.05) is 19.0 Å². The molecule has 1 aliphatic rings. The first-order valence-electron chi connectivity index (χ1n) is 10.9. The summed E-state index contributed by atoms with van der Waals surface area (Å²) in [4.78, 5) is 40.1. The molecule has 0 unspecified atom stereocenters. The van der Waals surface area contributed by atoms with Crippen LogP contribution in [-0.4, -0.2) is 35.4 Å². The highest BCUT2D eigenvalue weighted by atomic mass is 35.5. The van der Waals surface area contributed by atoms with Crippen molar-refractivity contribution < 1.29 is 19.2 Å². The molecule has 0 fully saturated rings. The number of fused-ring (bicyclic) bond motifs is 2. The zero-order valence-corrected chi connectivity index (χ0v) is 21.6. The van der Waals surface area contributed by atoms with E-state index in [1.165, 1.54) is 47.5 Å². The van der Waals surface area contributed by atoms with Gasteiger partial charge in [0.05, 0.1) is 22.5 Å². The summed E-state index contributed by atoms with van der Waals surface area (Å²) in [5.41, 5.74) is 2.53. The molecule has 5 rings (SSSR count). The third-order valence-electron chi connectivity index (χ3n) is 5.94. The van der Waals surface area contributed by atoms with Gasteiger partial charge in [0.25, 0.3) is 11.6 Å². The lowest BCUT2D eigenvalue weighted by molar-refractivity contribution is -0.384. The number of methoxy groups -OCH3 is 1. The Bertz CT molecular complexity index is 1450. The normalized spacial score (nSPS) is 13.0. The van der Waals surface area contributed by atoms with Crippen molar-refractivity contribution in [2.45, 2.75) is 19.5 Å². The Hall–Kier alpha value is -3.31. The number of nitro benzene ring substituents is 1. The lowest BCUT2D eigenvalue weighted by Crippen LogP contribution is -2.29. The van der Waals surface area contributed by atoms with Gasteiger partial charge in [0, 0.05) is 46.7 Å². The molecule has 0 aliphatic carbocycles. The van der Waals surface area contributed by atoms with Crippen molar-refractivity contribution in [2.24, 2.45) is 0 Å². The molecule has 4 aromatic rings. The Morgan fingerprint density at radius 3 is 2.64 bits per heavy atom. The van der Waals surface area contributed by atoms with Gasteiger partial charge in [-0.25, -0.2) is 4.79 Å². The number of benzene rings is 2. The average molecular weight is 544 g/mol. The summed E-state index contributed by atoms with van der Waals surface area (Å²) in [5, 5.41) is 15.1. The number of amides is 1. The molecular formula is C25H22ClN3O5S2. The maximum absolute atomic E-state index is 13.1. The average Bonchev–Trinajstić information content (AvgIpc) is 3.44. The molecule has 186 valence electrons. The molecule has 36 heavy (non-hydrogen) atoms. The maximum atomic E-state index is 13.1. The Morgan fingerprint density at radius 1 is 1.14 bits per heavy atom. The van der Waals surface area contributed by atoms with E-state index in [0.717, 1.165) is 28.2 Å². The number of carbonyl (C=O) groups is 2. The summed E-state index contributed by atoms with van der Waals surface area (Å²) in [6, 6.07) is 16.4. The van der Waals surface area contributed by atoms with Gasteiger partial charge in [-0.2, -0.15) is 0 Å². The van der Waals surface area contributed by atoms with E-state index < -0.39 is 10.9 Å². The largest absolute Gasteiger partial charge is 0.465 e. The minimum atomic E-state index is -0.471. The number of hydrogen-bond donors (Lipinski definition) is 1. The topological polar surface area (TPSA) is 102 Å². The second-order valence-electron chi connectivity index (χ2n) is 8.19. The fourth-order valence-corrected chi connectivity index (χ4v) is 6.47. The van der Waals surface area contributed by atoms with E-state index in [4.69, 9.17) is 4.74 Å². The number of nitrogens with zero attached hydrogens (tertiary/aromatic N) is 2. The fourth-order valence-electron chi connectivity index (χ4n) is 4.26. The molecule has 8 nitrogen and oxygen atoms in total. The van der Waals surface area contributed by atoms with E-state index in [9.17, 15) is 19.7 Å². The van der Waals surface area contributed by atoms with Gasteiger partial charge in [-0.3, -0.25) is 19.8 Å². The van der Waals surface area contributed by atoms with Crippen molar-refractivity contribution in [1.29, 1.82) is 0 Å². The minimum absolute atomic E-state index is 0. The van der Waals surface area contributed by atoms with Crippen LogP contribution in [0.4, 0.5) is 10.7 Å². The minimum Gasteiger partial charge on any atom is -0.465 e. The highest BCUT2D eigenvalue weighted by molar-refractivity contribution is 7.21. The van der Waals surface area contributed by atoms with Gasteiger partial charge in [-0.1, -0.05) is 30.3 Å². The number of halogens is 1. The number of rotatable bonds is 6. The molecule has 1 amide bonds. The van der Waals surface area contributed by atoms with Crippen LogP contribution >= 0.6 is 35.1 Å². The third-order valence-corrected chi connectivity index (χ3v) is 8.18. The zero-order valence-electron chi connectivity index (χ0n) is 19.2. The lowest BCUT2D eigenvalue weighted by Gasteiger charge is -2.27. The van der Waals surface area contributed by atoms with Crippen LogP contribution in [0.1, 0.15) is 36.0 Å². The SMILES string of the molecule is COC(=O)c1c(NC(=O)c2cc3cc([N+](=O)[O-])ccc3s2)sc2c1CCN(Cc1ccccc1)C2.Cl. The summed E-state index contributed by atoms with van der Waals surface area (Å²) in [7, 11) is 1.33. The van der Waals surface area contributed by atoms with Gasteiger partial charge in [0.2, 0.25) is 0 Å². The predicted octanol–water partition coefficient (Wildman–Crippen LogP) is 5.89. The smallest absolute Gasteiger partial charge is 0.341 e. The van der Waals surface area contributed by atoms with Crippen molar-refractivity contribution in [3.8, 4) is 0 Å². The number of carbonyl (C=O) groups excluding carboxylic acids is 2. The Morgan fingerprint density at radius 2 is 1.92 bits per heavy atom. The molecule has 0 saturated carbocycles. The van der Waals surface area contributed by atoms with E-state index in [1.807, 2.05) is 18.2 Å². The first kappa shape index (κ1) is 25.8. The van der Waals surface area contributed by atoms with Crippen LogP contribution in [0.5, 0.6) is 0 Å². The molecule has 0 spiro atoms. The Kier molecular flexibility index (Phi) is 7.70. The summed E-state index contributed by atoms with van der Waals surface area (Å²) in [6.07, 6.45) is 0.686. The molecule has 0 saturated heterocycles. The van der Waals surface area contributed by atoms with Crippen LogP contribution in [0.15, 0.2) is 54.6 Å². The molecule has 3 heterocycles. The molecule has 0 radical (unpaired) electrons. The monoisotopic (exact) mass is 543 g/mol. The van der Waals surface area contributed by atoms with Gasteiger partial charge >= 0.3 is 5.97 Å². The predicted molar refractivity (Wildman–Crippen MR) is 144 cm³/mol. The Balaban J connectivity index is 0.00000304. The number of non-ortho nitro benzene ring substituents is 1. The van der Waals surface area contributed by atoms with Crippen molar-refractivity contribution in [1.82, 2.24) is 4.90 Å². The number of nitro groups is 1. The second-order valence-corrected chi connectivity index (χ2v) is 10.4. The van der Waals surface area contributed by atoms with Crippen LogP contribution in [0.2, 0.25) is 0 Å². The molecule has 2 aromatic carbocycles. The number of hydrogen-bond acceptors (Lipinski definition) is 8. The quantitative estimate of drug-likeness (QED) is 0.185. The fraction of sp³-hybridized carbons (Fsp3) is 0.200. The molecule has 0 atom stereocenters. The first-order chi connectivity index (χ1) is 16.9. The van der Waals surface area contributed by atoms with Gasteiger partial charge < -0.3 is 10.1 Å². The number of thiophene rings is 2. The van der Waals surface area contributed by atoms with Gasteiger partial charge in [-0.15, -0.1) is 35.1 Å². The van der Waals surface area contributed by atoms with E-state index in [-0.39, 0.29) is 24.0 Å². The maximum Gasteiger partial charge on any atom is 0.341 e. The van der Waals surface area contributed by atoms with Crippen molar-refractivity contribution in [3.05, 3.63) is 91.2 Å². The van der Waals surface area contributed by atoms with Crippen LogP contribution in [0.25, 0.3) is 10.1 Å². The molecule has 1 N–H and O–H groups in total. The van der Waals surface area contributed by atoms with Crippen molar-refractivity contribution in [3.63, 3.8) is 0 Å². The van der Waals surface area contributed by atoms with Crippen LogP contribution in [-0.2, 0) is 24.2 Å². The summed E-state index contributed by atoms with van der Waals surface area (Å²) in [5.74, 6) is -0.833. The summed E-state index contributed by atoms with van der Waals surface area (Å²) in [6.45, 7) is 2.29. The van der Waals surface area contributed by atoms with Crippen molar-refractivity contribution >= 4 is 67.7 Å². The standard InChI is InChI=1S/C25H21N3O5S2.ClH/c1-33-25(30)22-18-9-10-27(13-15-5-3-2-4-6-15)14-21(18)35-24(22)26-23(29)20-12-16-11-17(28(31)32)7-8-19(16)34-20;/h2-8,11-12H,9-10,13-14H2,1H3,(H,26,29);1H. The second kappa shape index (κ2) is 10.8. The van der Waals surface area contributed by atoms with Crippen LogP contribution in [0, 0.1) is 10.1 Å². The van der Waals surface area contributed by atoms with E-state index in [1.54, 1.807) is 12.1 Å². The van der Waals surface area contributed by atoms with Crippen LogP contribution in [0.3, 0.4) is 0 Å². The first-order valence-corrected chi connectivity index (χ1v) is 12.5. The Labute approximate surface area is 221 Å². The molecule has 2 aromatic heterocycles. The summed E-state index contributed by atoms with van der Waals surface area (Å²) < 4.78 is 5.81. The molecule has 1 aliphatic heterocycles. The highest BCUT2D eigenvalue weighted by Crippen LogP contribution is 2.39. The van der Waals surface area contributed by atoms with Gasteiger partial charge in [0.1, 0.15) is 5.00 Å².